The van der Waals surface area contributed by atoms with Crippen molar-refractivity contribution in [1.29, 1.82) is 0 Å². The molecule has 0 heterocycles. The van der Waals surface area contributed by atoms with Crippen molar-refractivity contribution in [2.75, 3.05) is 26.4 Å². The quantitative estimate of drug-likeness (QED) is 0.0674. The van der Waals surface area contributed by atoms with E-state index in [9.17, 15) is 9.59 Å². The van der Waals surface area contributed by atoms with E-state index in [0.717, 1.165) is 19.1 Å². The zero-order valence-electron chi connectivity index (χ0n) is 24.9. The van der Waals surface area contributed by atoms with Gasteiger partial charge in [-0.05, 0) is 30.9 Å². The summed E-state index contributed by atoms with van der Waals surface area (Å²) in [5, 5.41) is 8.91. The summed E-state index contributed by atoms with van der Waals surface area (Å²) in [5.41, 5.74) is 0.468. The van der Waals surface area contributed by atoms with E-state index in [4.69, 9.17) is 19.3 Å². The summed E-state index contributed by atoms with van der Waals surface area (Å²) in [6, 6.07) is 5.04. The summed E-state index contributed by atoms with van der Waals surface area (Å²) in [7, 11) is 0. The largest absolute Gasteiger partial charge is 0.493 e. The Labute approximate surface area is 238 Å². The van der Waals surface area contributed by atoms with Crippen LogP contribution in [0.5, 0.6) is 11.5 Å². The molecule has 1 N–H and O–H groups in total. The third kappa shape index (κ3) is 19.6. The fraction of sp³-hybridized carbons (Fsp3) is 0.758. The molecule has 1 rings (SSSR count). The second kappa shape index (κ2) is 24.9. The minimum Gasteiger partial charge on any atom is -0.493 e. The number of ether oxygens (including phenoxy) is 3. The van der Waals surface area contributed by atoms with E-state index in [0.29, 0.717) is 62.1 Å². The van der Waals surface area contributed by atoms with Gasteiger partial charge >= 0.3 is 5.97 Å². The summed E-state index contributed by atoms with van der Waals surface area (Å²) in [6.45, 7) is 5.62. The van der Waals surface area contributed by atoms with Crippen molar-refractivity contribution >= 4 is 12.3 Å². The van der Waals surface area contributed by atoms with Crippen molar-refractivity contribution in [3.63, 3.8) is 0 Å². The van der Waals surface area contributed by atoms with Gasteiger partial charge in [0, 0.05) is 37.5 Å². The lowest BCUT2D eigenvalue weighted by Gasteiger charge is -2.16. The normalized spacial score (nSPS) is 11.8. The monoisotopic (exact) mass is 548 g/mol. The van der Waals surface area contributed by atoms with Crippen molar-refractivity contribution < 1.29 is 28.9 Å². The van der Waals surface area contributed by atoms with Gasteiger partial charge < -0.3 is 19.3 Å². The molecule has 0 fully saturated rings. The standard InChI is InChI=1S/C33H56O6/c1-3-5-7-9-11-13-15-19-29(18-14-12-10-8-6-4-2)26-33(36)39-23-17-22-38-32-25-30(28-35)24-31(27-32)37-21-16-20-34/h24-25,27-29,34H,3-23,26H2,1-2H3. The first-order chi connectivity index (χ1) is 19.1. The number of esters is 1. The Hall–Kier alpha value is -2.08. The van der Waals surface area contributed by atoms with Gasteiger partial charge in [-0.15, -0.1) is 0 Å². The van der Waals surface area contributed by atoms with E-state index in [-0.39, 0.29) is 12.6 Å². The molecule has 0 aliphatic heterocycles. The number of carbonyl (C=O) groups excluding carboxylic acids is 2. The van der Waals surface area contributed by atoms with Gasteiger partial charge in [-0.25, -0.2) is 0 Å². The second-order valence-electron chi connectivity index (χ2n) is 10.7. The van der Waals surface area contributed by atoms with Gasteiger partial charge in [-0.2, -0.15) is 0 Å². The molecule has 0 aliphatic carbocycles. The maximum atomic E-state index is 12.6. The highest BCUT2D eigenvalue weighted by Gasteiger charge is 2.15. The summed E-state index contributed by atoms with van der Waals surface area (Å²) in [4.78, 5) is 23.8. The Balaban J connectivity index is 2.37. The smallest absolute Gasteiger partial charge is 0.306 e. The molecule has 1 unspecified atom stereocenters. The molecule has 0 saturated heterocycles. The number of unbranched alkanes of at least 4 members (excludes halogenated alkanes) is 11. The zero-order valence-corrected chi connectivity index (χ0v) is 24.9. The Kier molecular flexibility index (Phi) is 22.3. The molecule has 1 atom stereocenters. The van der Waals surface area contributed by atoms with Crippen LogP contribution in [0.25, 0.3) is 0 Å². The summed E-state index contributed by atoms with van der Waals surface area (Å²) in [6.07, 6.45) is 21.4. The highest BCUT2D eigenvalue weighted by molar-refractivity contribution is 5.76. The fourth-order valence-electron chi connectivity index (χ4n) is 4.76. The van der Waals surface area contributed by atoms with Gasteiger partial charge in [-0.3, -0.25) is 9.59 Å². The van der Waals surface area contributed by atoms with Crippen LogP contribution >= 0.6 is 0 Å². The number of carbonyl (C=O) groups is 2. The lowest BCUT2D eigenvalue weighted by Crippen LogP contribution is -2.14. The van der Waals surface area contributed by atoms with Gasteiger partial charge in [0.25, 0.3) is 0 Å². The van der Waals surface area contributed by atoms with E-state index in [1.165, 1.54) is 83.5 Å². The number of aliphatic hydroxyl groups is 1. The topological polar surface area (TPSA) is 82.1 Å². The van der Waals surface area contributed by atoms with Crippen molar-refractivity contribution in [2.24, 2.45) is 5.92 Å². The second-order valence-corrected chi connectivity index (χ2v) is 10.7. The molecule has 0 amide bonds. The van der Waals surface area contributed by atoms with Crippen molar-refractivity contribution in [3.05, 3.63) is 23.8 Å². The molecule has 0 radical (unpaired) electrons. The molecule has 224 valence electrons. The third-order valence-corrected chi connectivity index (χ3v) is 7.07. The number of hydrogen-bond donors (Lipinski definition) is 1. The fourth-order valence-corrected chi connectivity index (χ4v) is 4.76. The first-order valence-electron chi connectivity index (χ1n) is 15.7. The lowest BCUT2D eigenvalue weighted by molar-refractivity contribution is -0.145. The average molecular weight is 549 g/mol. The molecule has 0 bridgehead atoms. The average Bonchev–Trinajstić information content (AvgIpc) is 2.94. The van der Waals surface area contributed by atoms with Crippen molar-refractivity contribution in [1.82, 2.24) is 0 Å². The minimum absolute atomic E-state index is 0.0500. The Morgan fingerprint density at radius 1 is 0.718 bits per heavy atom. The molecule has 0 saturated carbocycles. The zero-order chi connectivity index (χ0) is 28.4. The SMILES string of the molecule is CCCCCCCCCC(CCCCCCCC)CC(=O)OCCCOc1cc(C=O)cc(OCCCO)c1. The van der Waals surface area contributed by atoms with E-state index >= 15 is 0 Å². The Morgan fingerprint density at radius 2 is 1.23 bits per heavy atom. The van der Waals surface area contributed by atoms with Crippen LogP contribution in [0.15, 0.2) is 18.2 Å². The number of benzene rings is 1. The third-order valence-electron chi connectivity index (χ3n) is 7.07. The molecule has 1 aromatic rings. The maximum absolute atomic E-state index is 12.6. The molecule has 6 nitrogen and oxygen atoms in total. The molecule has 0 aliphatic rings. The lowest BCUT2D eigenvalue weighted by atomic mass is 9.91. The summed E-state index contributed by atoms with van der Waals surface area (Å²) < 4.78 is 16.9. The van der Waals surface area contributed by atoms with E-state index < -0.39 is 0 Å². The molecule has 0 aromatic heterocycles. The first kappa shape index (κ1) is 34.9. The maximum Gasteiger partial charge on any atom is 0.306 e. The van der Waals surface area contributed by atoms with Crippen LogP contribution in [0.4, 0.5) is 0 Å². The minimum atomic E-state index is -0.101. The van der Waals surface area contributed by atoms with Gasteiger partial charge in [0.2, 0.25) is 0 Å². The van der Waals surface area contributed by atoms with Crippen LogP contribution in [0.1, 0.15) is 140 Å². The van der Waals surface area contributed by atoms with Crippen LogP contribution in [-0.4, -0.2) is 43.8 Å². The predicted molar refractivity (Wildman–Crippen MR) is 159 cm³/mol. The van der Waals surface area contributed by atoms with E-state index in [1.807, 2.05) is 0 Å². The number of rotatable bonds is 27. The van der Waals surface area contributed by atoms with Crippen LogP contribution in [0, 0.1) is 5.92 Å². The van der Waals surface area contributed by atoms with Crippen molar-refractivity contribution in [2.45, 2.75) is 129 Å². The van der Waals surface area contributed by atoms with Gasteiger partial charge in [0.05, 0.1) is 19.8 Å². The summed E-state index contributed by atoms with van der Waals surface area (Å²) in [5.74, 6) is 1.40. The summed E-state index contributed by atoms with van der Waals surface area (Å²) >= 11 is 0. The van der Waals surface area contributed by atoms with Gasteiger partial charge in [0.15, 0.2) is 0 Å². The van der Waals surface area contributed by atoms with Crippen LogP contribution in [0.3, 0.4) is 0 Å². The van der Waals surface area contributed by atoms with Crippen LogP contribution in [0.2, 0.25) is 0 Å². The van der Waals surface area contributed by atoms with E-state index in [2.05, 4.69) is 13.8 Å². The number of aliphatic hydroxyl groups excluding tert-OH is 1. The van der Waals surface area contributed by atoms with Crippen LogP contribution < -0.4 is 9.47 Å². The van der Waals surface area contributed by atoms with Crippen LogP contribution in [-0.2, 0) is 9.53 Å². The number of aldehydes is 1. The molecule has 0 spiro atoms. The highest BCUT2D eigenvalue weighted by atomic mass is 16.5. The highest BCUT2D eigenvalue weighted by Crippen LogP contribution is 2.24. The molecule has 39 heavy (non-hydrogen) atoms. The first-order valence-corrected chi connectivity index (χ1v) is 15.7. The van der Waals surface area contributed by atoms with Gasteiger partial charge in [0.1, 0.15) is 17.8 Å². The predicted octanol–water partition coefficient (Wildman–Crippen LogP) is 8.47. The van der Waals surface area contributed by atoms with Gasteiger partial charge in [-0.1, -0.05) is 97.3 Å². The Bertz CT molecular complexity index is 735. The molecule has 1 aromatic carbocycles. The Morgan fingerprint density at radius 3 is 1.74 bits per heavy atom. The van der Waals surface area contributed by atoms with E-state index in [1.54, 1.807) is 18.2 Å². The molecular formula is C33H56O6. The molecule has 6 heteroatoms. The number of hydrogen-bond acceptors (Lipinski definition) is 6. The van der Waals surface area contributed by atoms with Crippen molar-refractivity contribution in [3.8, 4) is 11.5 Å². The molecular weight excluding hydrogens is 492 g/mol.